The van der Waals surface area contributed by atoms with E-state index in [2.05, 4.69) is 10.5 Å². The van der Waals surface area contributed by atoms with Gasteiger partial charge in [-0.25, -0.2) is 0 Å². The van der Waals surface area contributed by atoms with Gasteiger partial charge in [-0.05, 0) is 32.8 Å². The molecular formula is C16H22N2O4. The minimum absolute atomic E-state index is 0.148. The highest BCUT2D eigenvalue weighted by Crippen LogP contribution is 2.13. The van der Waals surface area contributed by atoms with Crippen molar-refractivity contribution in [2.75, 3.05) is 6.61 Å². The van der Waals surface area contributed by atoms with E-state index in [-0.39, 0.29) is 6.61 Å². The van der Waals surface area contributed by atoms with Crippen molar-refractivity contribution in [3.63, 3.8) is 0 Å². The van der Waals surface area contributed by atoms with Crippen LogP contribution in [-0.4, -0.2) is 35.4 Å². The Hall–Kier alpha value is -2.37. The molecule has 0 fully saturated rings. The van der Waals surface area contributed by atoms with Gasteiger partial charge in [0.15, 0.2) is 5.92 Å². The molecule has 120 valence electrons. The lowest BCUT2D eigenvalue weighted by atomic mass is 9.94. The molecule has 6 nitrogen and oxygen atoms in total. The summed E-state index contributed by atoms with van der Waals surface area (Å²) in [5.41, 5.74) is 0.503. The summed E-state index contributed by atoms with van der Waals surface area (Å²) in [5.74, 6) is -2.56. The number of benzene rings is 1. The fourth-order valence-electron chi connectivity index (χ4n) is 2.10. The second kappa shape index (κ2) is 8.17. The van der Waals surface area contributed by atoms with Crippen molar-refractivity contribution in [1.82, 2.24) is 5.32 Å². The molecule has 0 aliphatic rings. The number of amides is 1. The molecular weight excluding hydrogens is 284 g/mol. The highest BCUT2D eigenvalue weighted by molar-refractivity contribution is 6.11. The Morgan fingerprint density at radius 1 is 1.36 bits per heavy atom. The lowest BCUT2D eigenvalue weighted by Gasteiger charge is -2.27. The zero-order chi connectivity index (χ0) is 16.6. The predicted molar refractivity (Wildman–Crippen MR) is 82.8 cm³/mol. The number of carbonyl (C=O) groups excluding carboxylic acids is 2. The van der Waals surface area contributed by atoms with Crippen molar-refractivity contribution < 1.29 is 19.5 Å². The molecule has 0 heterocycles. The Bertz CT molecular complexity index is 526. The predicted octanol–water partition coefficient (Wildman–Crippen LogP) is 1.76. The third kappa shape index (κ3) is 5.55. The molecule has 1 aromatic rings. The summed E-state index contributed by atoms with van der Waals surface area (Å²) in [6.45, 7) is 5.50. The first-order valence-electron chi connectivity index (χ1n) is 7.09. The van der Waals surface area contributed by atoms with Gasteiger partial charge < -0.3 is 15.3 Å². The molecule has 0 aliphatic heterocycles. The fourth-order valence-corrected chi connectivity index (χ4v) is 2.10. The van der Waals surface area contributed by atoms with Crippen LogP contribution in [-0.2, 0) is 20.7 Å². The summed E-state index contributed by atoms with van der Waals surface area (Å²) in [5, 5.41) is 14.2. The maximum atomic E-state index is 12.2. The monoisotopic (exact) mass is 306 g/mol. The van der Waals surface area contributed by atoms with Gasteiger partial charge in [0.05, 0.1) is 12.8 Å². The summed E-state index contributed by atoms with van der Waals surface area (Å²) in [6, 6.07) is 9.70. The number of hydrogen-bond donors (Lipinski definition) is 2. The second-order valence-electron chi connectivity index (χ2n) is 5.53. The van der Waals surface area contributed by atoms with Crippen molar-refractivity contribution in [2.45, 2.75) is 32.7 Å². The standard InChI is InChI=1S/C16H22N2O4/c1-4-22-15(20)13(11-17-21)14(19)18-16(2,3)10-12-8-6-5-7-9-12/h5-9,11,13,21H,4,10H2,1-3H3,(H,18,19)/b17-11+. The third-order valence-electron chi connectivity index (χ3n) is 2.99. The number of nitrogens with zero attached hydrogens (tertiary/aromatic N) is 1. The summed E-state index contributed by atoms with van der Waals surface area (Å²) in [7, 11) is 0. The summed E-state index contributed by atoms with van der Waals surface area (Å²) in [6.07, 6.45) is 1.47. The Labute approximate surface area is 130 Å². The third-order valence-corrected chi connectivity index (χ3v) is 2.99. The van der Waals surface area contributed by atoms with Gasteiger partial charge in [0, 0.05) is 5.54 Å². The number of rotatable bonds is 7. The average Bonchev–Trinajstić information content (AvgIpc) is 2.44. The molecule has 0 saturated carbocycles. The molecule has 0 spiro atoms. The number of carbonyl (C=O) groups is 2. The van der Waals surface area contributed by atoms with E-state index in [0.29, 0.717) is 6.42 Å². The van der Waals surface area contributed by atoms with Crippen LogP contribution in [0.15, 0.2) is 35.5 Å². The number of oxime groups is 1. The largest absolute Gasteiger partial charge is 0.465 e. The van der Waals surface area contributed by atoms with Crippen LogP contribution in [0, 0.1) is 5.92 Å². The number of nitrogens with one attached hydrogen (secondary N) is 1. The van der Waals surface area contributed by atoms with E-state index >= 15 is 0 Å². The van der Waals surface area contributed by atoms with Crippen LogP contribution < -0.4 is 5.32 Å². The molecule has 0 radical (unpaired) electrons. The van der Waals surface area contributed by atoms with Crippen molar-refractivity contribution in [2.24, 2.45) is 11.1 Å². The van der Waals surface area contributed by atoms with Crippen LogP contribution in [0.2, 0.25) is 0 Å². The maximum Gasteiger partial charge on any atom is 0.324 e. The number of ether oxygens (including phenoxy) is 1. The van der Waals surface area contributed by atoms with E-state index < -0.39 is 23.3 Å². The summed E-state index contributed by atoms with van der Waals surface area (Å²) < 4.78 is 4.81. The highest BCUT2D eigenvalue weighted by Gasteiger charge is 2.31. The van der Waals surface area contributed by atoms with Crippen LogP contribution in [0.4, 0.5) is 0 Å². The molecule has 1 rings (SSSR count). The lowest BCUT2D eigenvalue weighted by Crippen LogP contribution is -2.49. The zero-order valence-corrected chi connectivity index (χ0v) is 13.1. The maximum absolute atomic E-state index is 12.2. The van der Waals surface area contributed by atoms with Crippen LogP contribution in [0.1, 0.15) is 26.3 Å². The second-order valence-corrected chi connectivity index (χ2v) is 5.53. The molecule has 1 amide bonds. The van der Waals surface area contributed by atoms with Crippen LogP contribution in [0.25, 0.3) is 0 Å². The Morgan fingerprint density at radius 2 is 2.00 bits per heavy atom. The molecule has 0 bridgehead atoms. The van der Waals surface area contributed by atoms with E-state index in [9.17, 15) is 9.59 Å². The van der Waals surface area contributed by atoms with E-state index in [1.54, 1.807) is 6.92 Å². The first-order chi connectivity index (χ1) is 10.4. The van der Waals surface area contributed by atoms with Gasteiger partial charge in [0.25, 0.3) is 0 Å². The molecule has 22 heavy (non-hydrogen) atoms. The first-order valence-corrected chi connectivity index (χ1v) is 7.09. The first kappa shape index (κ1) is 17.7. The SMILES string of the molecule is CCOC(=O)C(/C=N/O)C(=O)NC(C)(C)Cc1ccccc1. The van der Waals surface area contributed by atoms with E-state index in [1.165, 1.54) is 0 Å². The molecule has 1 aromatic carbocycles. The van der Waals surface area contributed by atoms with Gasteiger partial charge >= 0.3 is 5.97 Å². The Kier molecular flexibility index (Phi) is 6.56. The molecule has 0 saturated heterocycles. The van der Waals surface area contributed by atoms with Gasteiger partial charge in [0.1, 0.15) is 0 Å². The van der Waals surface area contributed by atoms with E-state index in [0.717, 1.165) is 11.8 Å². The van der Waals surface area contributed by atoms with E-state index in [1.807, 2.05) is 44.2 Å². The van der Waals surface area contributed by atoms with Crippen LogP contribution in [0.5, 0.6) is 0 Å². The Morgan fingerprint density at radius 3 is 2.55 bits per heavy atom. The molecule has 0 aromatic heterocycles. The molecule has 1 unspecified atom stereocenters. The summed E-state index contributed by atoms with van der Waals surface area (Å²) >= 11 is 0. The van der Waals surface area contributed by atoms with Gasteiger partial charge in [-0.2, -0.15) is 0 Å². The molecule has 6 heteroatoms. The average molecular weight is 306 g/mol. The van der Waals surface area contributed by atoms with Crippen LogP contribution in [0.3, 0.4) is 0 Å². The number of hydrogen-bond acceptors (Lipinski definition) is 5. The van der Waals surface area contributed by atoms with Crippen LogP contribution >= 0.6 is 0 Å². The van der Waals surface area contributed by atoms with Crippen molar-refractivity contribution in [3.05, 3.63) is 35.9 Å². The van der Waals surface area contributed by atoms with Crippen molar-refractivity contribution >= 4 is 18.1 Å². The van der Waals surface area contributed by atoms with Crippen molar-refractivity contribution in [3.8, 4) is 0 Å². The van der Waals surface area contributed by atoms with Gasteiger partial charge in [-0.1, -0.05) is 30.3 Å². The summed E-state index contributed by atoms with van der Waals surface area (Å²) in [4.78, 5) is 24.0. The van der Waals surface area contributed by atoms with Gasteiger partial charge in [0.2, 0.25) is 5.91 Å². The minimum Gasteiger partial charge on any atom is -0.465 e. The number of esters is 1. The van der Waals surface area contributed by atoms with E-state index in [4.69, 9.17) is 9.94 Å². The van der Waals surface area contributed by atoms with Gasteiger partial charge in [-0.3, -0.25) is 9.59 Å². The smallest absolute Gasteiger partial charge is 0.324 e. The Balaban J connectivity index is 2.76. The topological polar surface area (TPSA) is 88.0 Å². The van der Waals surface area contributed by atoms with Gasteiger partial charge in [-0.15, -0.1) is 5.16 Å². The molecule has 2 N–H and O–H groups in total. The zero-order valence-electron chi connectivity index (χ0n) is 13.1. The quantitative estimate of drug-likeness (QED) is 0.264. The normalized spacial score (nSPS) is 12.9. The fraction of sp³-hybridized carbons (Fsp3) is 0.438. The highest BCUT2D eigenvalue weighted by atomic mass is 16.5. The molecule has 1 atom stereocenters. The van der Waals surface area contributed by atoms with Crippen molar-refractivity contribution in [1.29, 1.82) is 0 Å². The lowest BCUT2D eigenvalue weighted by molar-refractivity contribution is -0.149. The molecule has 0 aliphatic carbocycles. The minimum atomic E-state index is -1.26.